The zero-order valence-electron chi connectivity index (χ0n) is 9.38. The van der Waals surface area contributed by atoms with Gasteiger partial charge in [-0.3, -0.25) is 9.59 Å². The Kier molecular flexibility index (Phi) is 4.10. The van der Waals surface area contributed by atoms with E-state index in [-0.39, 0.29) is 24.8 Å². The number of methoxy groups -OCH3 is 1. The van der Waals surface area contributed by atoms with Gasteiger partial charge in [0.25, 0.3) is 0 Å². The van der Waals surface area contributed by atoms with Crippen LogP contribution in [0.25, 0.3) is 0 Å². The van der Waals surface area contributed by atoms with Crippen molar-refractivity contribution in [2.24, 2.45) is 5.92 Å². The van der Waals surface area contributed by atoms with E-state index >= 15 is 0 Å². The summed E-state index contributed by atoms with van der Waals surface area (Å²) in [7, 11) is 1.15. The summed E-state index contributed by atoms with van der Waals surface area (Å²) in [4.78, 5) is 34.9. The van der Waals surface area contributed by atoms with Crippen LogP contribution in [0, 0.1) is 18.3 Å². The summed E-state index contributed by atoms with van der Waals surface area (Å²) in [6, 6.07) is -1.09. The second-order valence-corrected chi connectivity index (χ2v) is 3.75. The number of amides is 1. The van der Waals surface area contributed by atoms with Gasteiger partial charge < -0.3 is 14.7 Å². The maximum absolute atomic E-state index is 11.6. The molecule has 0 aliphatic carbocycles. The molecule has 1 saturated heterocycles. The number of nitrogens with zero attached hydrogens (tertiary/aromatic N) is 1. The molecule has 0 aromatic heterocycles. The average Bonchev–Trinajstić information content (AvgIpc) is 2.66. The molecule has 2 atom stereocenters. The highest BCUT2D eigenvalue weighted by Crippen LogP contribution is 2.21. The fourth-order valence-corrected chi connectivity index (χ4v) is 1.77. The lowest BCUT2D eigenvalue weighted by Gasteiger charge is -2.24. The van der Waals surface area contributed by atoms with Crippen LogP contribution in [0.3, 0.4) is 0 Å². The summed E-state index contributed by atoms with van der Waals surface area (Å²) in [6.45, 7) is 0.197. The van der Waals surface area contributed by atoms with Gasteiger partial charge in [0.05, 0.1) is 13.5 Å². The molecule has 0 bridgehead atoms. The van der Waals surface area contributed by atoms with E-state index in [9.17, 15) is 14.4 Å². The van der Waals surface area contributed by atoms with Gasteiger partial charge >= 0.3 is 11.9 Å². The lowest BCUT2D eigenvalue weighted by atomic mass is 10.1. The minimum atomic E-state index is -1.17. The minimum Gasteiger partial charge on any atom is -0.481 e. The summed E-state index contributed by atoms with van der Waals surface area (Å²) in [5, 5.41) is 8.71. The van der Waals surface area contributed by atoms with Gasteiger partial charge in [0, 0.05) is 18.9 Å². The number of carbonyl (C=O) groups excluding carboxylic acids is 2. The Morgan fingerprint density at radius 3 is 2.76 bits per heavy atom. The van der Waals surface area contributed by atoms with Crippen molar-refractivity contribution in [1.82, 2.24) is 4.90 Å². The number of hydrogen-bond donors (Lipinski definition) is 1. The van der Waals surface area contributed by atoms with Crippen LogP contribution >= 0.6 is 0 Å². The fraction of sp³-hybridized carbons (Fsp3) is 0.545. The van der Waals surface area contributed by atoms with Crippen LogP contribution in [0.1, 0.15) is 12.8 Å². The number of likely N-dealkylation sites (tertiary alicyclic amines) is 1. The number of rotatable bonds is 4. The SMILES string of the molecule is C#CC1CC(=O)N([C@H](CC(=O)O)C(=O)OC)C1. The quantitative estimate of drug-likeness (QED) is 0.527. The summed E-state index contributed by atoms with van der Waals surface area (Å²) >= 11 is 0. The standard InChI is InChI=1S/C11H13NO5/c1-3-7-4-9(13)12(6-7)8(5-10(14)15)11(16)17-2/h1,7-8H,4-6H2,2H3,(H,14,15)/t7?,8-/m1/s1. The third-order valence-corrected chi connectivity index (χ3v) is 2.61. The van der Waals surface area contributed by atoms with E-state index in [1.54, 1.807) is 0 Å². The maximum atomic E-state index is 11.6. The van der Waals surface area contributed by atoms with Crippen molar-refractivity contribution in [3.8, 4) is 12.3 Å². The predicted octanol–water partition coefficient (Wildman–Crippen LogP) is -0.516. The van der Waals surface area contributed by atoms with Crippen LogP contribution in [0.2, 0.25) is 0 Å². The first-order chi connectivity index (χ1) is 7.99. The van der Waals surface area contributed by atoms with Gasteiger partial charge in [0.2, 0.25) is 5.91 Å². The van der Waals surface area contributed by atoms with Crippen molar-refractivity contribution in [3.63, 3.8) is 0 Å². The van der Waals surface area contributed by atoms with E-state index in [2.05, 4.69) is 10.7 Å². The first-order valence-electron chi connectivity index (χ1n) is 5.04. The van der Waals surface area contributed by atoms with Gasteiger partial charge in [-0.25, -0.2) is 4.79 Å². The number of carboxylic acid groups (broad SMARTS) is 1. The molecule has 6 heteroatoms. The molecule has 1 aliphatic rings. The molecule has 0 radical (unpaired) electrons. The largest absolute Gasteiger partial charge is 0.481 e. The molecule has 1 amide bonds. The normalized spacial score (nSPS) is 20.8. The van der Waals surface area contributed by atoms with Crippen LogP contribution in [0.4, 0.5) is 0 Å². The van der Waals surface area contributed by atoms with Gasteiger partial charge in [-0.2, -0.15) is 0 Å². The number of esters is 1. The van der Waals surface area contributed by atoms with Crippen molar-refractivity contribution < 1.29 is 24.2 Å². The van der Waals surface area contributed by atoms with Crippen LogP contribution in [-0.2, 0) is 19.1 Å². The molecule has 92 valence electrons. The highest BCUT2D eigenvalue weighted by Gasteiger charge is 2.38. The van der Waals surface area contributed by atoms with E-state index in [4.69, 9.17) is 11.5 Å². The molecule has 1 heterocycles. The number of terminal acetylenes is 1. The van der Waals surface area contributed by atoms with E-state index in [1.165, 1.54) is 4.90 Å². The summed E-state index contributed by atoms with van der Waals surface area (Å²) in [5.41, 5.74) is 0. The monoisotopic (exact) mass is 239 g/mol. The molecule has 1 rings (SSSR count). The zero-order chi connectivity index (χ0) is 13.0. The van der Waals surface area contributed by atoms with Crippen molar-refractivity contribution in [1.29, 1.82) is 0 Å². The second kappa shape index (κ2) is 5.34. The van der Waals surface area contributed by atoms with Crippen LogP contribution in [-0.4, -0.2) is 47.5 Å². The molecule has 1 unspecified atom stereocenters. The zero-order valence-corrected chi connectivity index (χ0v) is 9.38. The van der Waals surface area contributed by atoms with Crippen LogP contribution in [0.5, 0.6) is 0 Å². The Morgan fingerprint density at radius 1 is 1.71 bits per heavy atom. The van der Waals surface area contributed by atoms with E-state index < -0.39 is 24.4 Å². The number of carboxylic acids is 1. The third kappa shape index (κ3) is 2.97. The number of ether oxygens (including phenoxy) is 1. The van der Waals surface area contributed by atoms with Gasteiger partial charge in [0.1, 0.15) is 6.04 Å². The maximum Gasteiger partial charge on any atom is 0.329 e. The summed E-state index contributed by atoms with van der Waals surface area (Å²) in [5.74, 6) is -0.0691. The summed E-state index contributed by atoms with van der Waals surface area (Å²) < 4.78 is 4.50. The van der Waals surface area contributed by atoms with Crippen LogP contribution < -0.4 is 0 Å². The van der Waals surface area contributed by atoms with Crippen molar-refractivity contribution in [2.75, 3.05) is 13.7 Å². The predicted molar refractivity (Wildman–Crippen MR) is 56.7 cm³/mol. The molecule has 1 aliphatic heterocycles. The van der Waals surface area contributed by atoms with Crippen molar-refractivity contribution >= 4 is 17.8 Å². The molecular formula is C11H13NO5. The number of carbonyl (C=O) groups is 3. The first-order valence-corrected chi connectivity index (χ1v) is 5.04. The molecule has 17 heavy (non-hydrogen) atoms. The number of aliphatic carboxylic acids is 1. The van der Waals surface area contributed by atoms with Gasteiger partial charge in [-0.05, 0) is 0 Å². The Labute approximate surface area is 98.5 Å². The molecule has 1 N–H and O–H groups in total. The average molecular weight is 239 g/mol. The van der Waals surface area contributed by atoms with Crippen molar-refractivity contribution in [3.05, 3.63) is 0 Å². The molecule has 0 saturated carbocycles. The molecule has 0 spiro atoms. The minimum absolute atomic E-state index is 0.142. The van der Waals surface area contributed by atoms with Gasteiger partial charge in [-0.15, -0.1) is 12.3 Å². The van der Waals surface area contributed by atoms with Crippen LogP contribution in [0.15, 0.2) is 0 Å². The fourth-order valence-electron chi connectivity index (χ4n) is 1.77. The Balaban J connectivity index is 2.84. The highest BCUT2D eigenvalue weighted by atomic mass is 16.5. The Bertz CT molecular complexity index is 384. The lowest BCUT2D eigenvalue weighted by Crippen LogP contribution is -2.44. The molecule has 1 fully saturated rings. The van der Waals surface area contributed by atoms with Gasteiger partial charge in [-0.1, -0.05) is 0 Å². The molecular weight excluding hydrogens is 226 g/mol. The van der Waals surface area contributed by atoms with E-state index in [0.29, 0.717) is 0 Å². The third-order valence-electron chi connectivity index (χ3n) is 2.61. The Hall–Kier alpha value is -2.03. The molecule has 0 aromatic carbocycles. The smallest absolute Gasteiger partial charge is 0.329 e. The Morgan fingerprint density at radius 2 is 2.35 bits per heavy atom. The highest BCUT2D eigenvalue weighted by molar-refractivity contribution is 5.89. The topological polar surface area (TPSA) is 83.9 Å². The number of hydrogen-bond acceptors (Lipinski definition) is 4. The molecule has 6 nitrogen and oxygen atoms in total. The summed E-state index contributed by atoms with van der Waals surface area (Å²) in [6.07, 6.45) is 4.87. The van der Waals surface area contributed by atoms with E-state index in [0.717, 1.165) is 7.11 Å². The second-order valence-electron chi connectivity index (χ2n) is 3.75. The lowest BCUT2D eigenvalue weighted by molar-refractivity contribution is -0.155. The van der Waals surface area contributed by atoms with E-state index in [1.807, 2.05) is 0 Å². The first kappa shape index (κ1) is 13.0. The van der Waals surface area contributed by atoms with Gasteiger partial charge in [0.15, 0.2) is 0 Å². The molecule has 0 aromatic rings. The van der Waals surface area contributed by atoms with Crippen molar-refractivity contribution in [2.45, 2.75) is 18.9 Å².